The van der Waals surface area contributed by atoms with E-state index in [2.05, 4.69) is 5.32 Å². The normalized spacial score (nSPS) is 14.3. The Morgan fingerprint density at radius 2 is 2.60 bits per heavy atom. The van der Waals surface area contributed by atoms with E-state index in [1.165, 1.54) is 0 Å². The molecule has 0 aliphatic carbocycles. The molecule has 0 spiro atoms. The molecular weight excluding hydrogens is 130 g/mol. The number of hydrogen-bond donors (Lipinski definition) is 2. The SMILES string of the molecule is [2H]CN[C@@H](CCCC)C(=O)O. The zero-order valence-electron chi connectivity index (χ0n) is 7.26. The zero-order chi connectivity index (χ0) is 8.69. The van der Waals surface area contributed by atoms with Crippen LogP contribution in [0, 0.1) is 0 Å². The molecule has 10 heavy (non-hydrogen) atoms. The lowest BCUT2D eigenvalue weighted by atomic mass is 10.1. The number of carbonyl (C=O) groups is 1. The first-order valence-electron chi connectivity index (χ1n) is 4.18. The van der Waals surface area contributed by atoms with Gasteiger partial charge in [0.15, 0.2) is 0 Å². The van der Waals surface area contributed by atoms with E-state index in [-0.39, 0.29) is 7.02 Å². The van der Waals surface area contributed by atoms with E-state index >= 15 is 0 Å². The van der Waals surface area contributed by atoms with Gasteiger partial charge in [0.05, 0.1) is 0 Å². The number of carboxylic acid groups (broad SMARTS) is 1. The van der Waals surface area contributed by atoms with Crippen LogP contribution in [0.3, 0.4) is 0 Å². The Bertz CT molecular complexity index is 119. The Morgan fingerprint density at radius 1 is 1.90 bits per heavy atom. The summed E-state index contributed by atoms with van der Waals surface area (Å²) in [6, 6.07) is -0.535. The molecular formula is C7H15NO2. The van der Waals surface area contributed by atoms with Crippen molar-refractivity contribution in [3.05, 3.63) is 0 Å². The van der Waals surface area contributed by atoms with Gasteiger partial charge in [-0.2, -0.15) is 0 Å². The maximum Gasteiger partial charge on any atom is 0.320 e. The molecule has 0 bridgehead atoms. The van der Waals surface area contributed by atoms with Gasteiger partial charge < -0.3 is 10.4 Å². The van der Waals surface area contributed by atoms with Gasteiger partial charge in [0.2, 0.25) is 0 Å². The molecule has 0 fully saturated rings. The second kappa shape index (κ2) is 5.23. The Morgan fingerprint density at radius 3 is 3.00 bits per heavy atom. The molecule has 0 aromatic rings. The summed E-state index contributed by atoms with van der Waals surface area (Å²) in [5.41, 5.74) is 0. The predicted octanol–water partition coefficient (Wildman–Crippen LogP) is 0.849. The highest BCUT2D eigenvalue weighted by atomic mass is 16.4. The fourth-order valence-electron chi connectivity index (χ4n) is 0.721. The lowest BCUT2D eigenvalue weighted by molar-refractivity contribution is -0.139. The third-order valence-corrected chi connectivity index (χ3v) is 1.39. The summed E-state index contributed by atoms with van der Waals surface area (Å²) in [5.74, 6) is -0.856. The molecule has 0 amide bonds. The van der Waals surface area contributed by atoms with Gasteiger partial charge in [-0.15, -0.1) is 0 Å². The quantitative estimate of drug-likeness (QED) is 0.604. The van der Waals surface area contributed by atoms with E-state index < -0.39 is 12.0 Å². The Hall–Kier alpha value is -0.570. The minimum Gasteiger partial charge on any atom is -0.480 e. The van der Waals surface area contributed by atoms with Gasteiger partial charge in [-0.1, -0.05) is 19.8 Å². The number of nitrogens with one attached hydrogen (secondary N) is 1. The van der Waals surface area contributed by atoms with E-state index in [0.29, 0.717) is 6.42 Å². The molecule has 2 N–H and O–H groups in total. The van der Waals surface area contributed by atoms with Crippen molar-refractivity contribution >= 4 is 5.97 Å². The maximum atomic E-state index is 10.4. The highest BCUT2D eigenvalue weighted by Gasteiger charge is 2.12. The summed E-state index contributed by atoms with van der Waals surface area (Å²) >= 11 is 0. The number of unbranched alkanes of at least 4 members (excludes halogenated alkanes) is 1. The van der Waals surface area contributed by atoms with E-state index in [1.54, 1.807) is 0 Å². The zero-order valence-corrected chi connectivity index (χ0v) is 6.26. The first-order valence-corrected chi connectivity index (χ1v) is 3.47. The minimum atomic E-state index is -0.856. The molecule has 1 atom stereocenters. The van der Waals surface area contributed by atoms with E-state index in [0.717, 1.165) is 12.8 Å². The van der Waals surface area contributed by atoms with Crippen LogP contribution in [-0.4, -0.2) is 24.1 Å². The summed E-state index contributed by atoms with van der Waals surface area (Å²) in [6.07, 6.45) is 2.50. The standard InChI is InChI=1S/C7H15NO2/c1-3-4-5-6(8-2)7(9)10/h6,8H,3-5H2,1-2H3,(H,9,10)/t6-/m0/s1/i2D. The molecule has 0 aromatic carbocycles. The molecule has 0 aliphatic rings. The Labute approximate surface area is 62.8 Å². The molecule has 60 valence electrons. The Balaban J connectivity index is 3.60. The third kappa shape index (κ3) is 3.45. The van der Waals surface area contributed by atoms with Crippen molar-refractivity contribution in [2.45, 2.75) is 32.2 Å². The van der Waals surface area contributed by atoms with Crippen LogP contribution in [0.2, 0.25) is 0 Å². The molecule has 3 nitrogen and oxygen atoms in total. The van der Waals surface area contributed by atoms with Crippen LogP contribution in [-0.2, 0) is 4.79 Å². The summed E-state index contributed by atoms with van der Waals surface area (Å²) in [5, 5.41) is 11.2. The van der Waals surface area contributed by atoms with Crippen LogP contribution in [0.15, 0.2) is 0 Å². The molecule has 0 rings (SSSR count). The average molecular weight is 146 g/mol. The lowest BCUT2D eigenvalue weighted by Gasteiger charge is -2.08. The third-order valence-electron chi connectivity index (χ3n) is 1.39. The topological polar surface area (TPSA) is 49.3 Å². The second-order valence-corrected chi connectivity index (χ2v) is 2.24. The maximum absolute atomic E-state index is 10.4. The highest BCUT2D eigenvalue weighted by Crippen LogP contribution is 1.99. The number of hydrogen-bond acceptors (Lipinski definition) is 2. The summed E-state index contributed by atoms with van der Waals surface area (Å²) < 4.78 is 6.79. The van der Waals surface area contributed by atoms with Gasteiger partial charge in [-0.25, -0.2) is 0 Å². The van der Waals surface area contributed by atoms with Crippen LogP contribution >= 0.6 is 0 Å². The number of aliphatic carboxylic acids is 1. The van der Waals surface area contributed by atoms with E-state index in [9.17, 15) is 4.79 Å². The fraction of sp³-hybridized carbons (Fsp3) is 0.857. The van der Waals surface area contributed by atoms with Crippen LogP contribution in [0.4, 0.5) is 0 Å². The highest BCUT2D eigenvalue weighted by molar-refractivity contribution is 5.73. The molecule has 3 heteroatoms. The monoisotopic (exact) mass is 146 g/mol. The molecule has 0 aliphatic heterocycles. The molecule has 0 aromatic heterocycles. The minimum absolute atomic E-state index is 0.0271. The summed E-state index contributed by atoms with van der Waals surface area (Å²) in [6.45, 7) is 2.01. The summed E-state index contributed by atoms with van der Waals surface area (Å²) in [7, 11) is -0.0271. The first kappa shape index (κ1) is 7.54. The van der Waals surface area contributed by atoms with Crippen LogP contribution in [0.5, 0.6) is 0 Å². The lowest BCUT2D eigenvalue weighted by Crippen LogP contribution is -2.33. The smallest absolute Gasteiger partial charge is 0.320 e. The van der Waals surface area contributed by atoms with Gasteiger partial charge in [0.25, 0.3) is 0 Å². The van der Waals surface area contributed by atoms with E-state index in [1.807, 2.05) is 6.92 Å². The largest absolute Gasteiger partial charge is 0.480 e. The van der Waals surface area contributed by atoms with E-state index in [4.69, 9.17) is 6.48 Å². The Kier molecular flexibility index (Phi) is 3.94. The summed E-state index contributed by atoms with van der Waals surface area (Å²) in [4.78, 5) is 10.4. The molecule has 0 saturated heterocycles. The van der Waals surface area contributed by atoms with Crippen LogP contribution in [0.1, 0.15) is 27.6 Å². The van der Waals surface area contributed by atoms with Gasteiger partial charge in [0, 0.05) is 1.37 Å². The van der Waals surface area contributed by atoms with Crippen molar-refractivity contribution in [2.75, 3.05) is 7.02 Å². The molecule has 0 unspecified atom stereocenters. The van der Waals surface area contributed by atoms with Gasteiger partial charge in [0.1, 0.15) is 6.04 Å². The van der Waals surface area contributed by atoms with Crippen molar-refractivity contribution in [3.8, 4) is 0 Å². The average Bonchev–Trinajstić information content (AvgIpc) is 1.97. The van der Waals surface area contributed by atoms with Gasteiger partial charge in [-0.05, 0) is 13.4 Å². The molecule has 0 saturated carbocycles. The van der Waals surface area contributed by atoms with Crippen molar-refractivity contribution in [1.29, 1.82) is 0 Å². The number of carboxylic acids is 1. The van der Waals surface area contributed by atoms with Crippen molar-refractivity contribution in [2.24, 2.45) is 0 Å². The van der Waals surface area contributed by atoms with Crippen LogP contribution < -0.4 is 5.32 Å². The van der Waals surface area contributed by atoms with Crippen molar-refractivity contribution in [1.82, 2.24) is 5.32 Å². The fourth-order valence-corrected chi connectivity index (χ4v) is 0.721. The molecule has 0 heterocycles. The number of likely N-dealkylation sites (N-methyl/N-ethyl adjacent to an activating group) is 1. The van der Waals surface area contributed by atoms with Gasteiger partial charge in [-0.3, -0.25) is 4.79 Å². The second-order valence-electron chi connectivity index (χ2n) is 2.24. The van der Waals surface area contributed by atoms with Crippen molar-refractivity contribution in [3.63, 3.8) is 0 Å². The predicted molar refractivity (Wildman–Crippen MR) is 40.0 cm³/mol. The molecule has 0 radical (unpaired) electrons. The van der Waals surface area contributed by atoms with Crippen LogP contribution in [0.25, 0.3) is 0 Å². The van der Waals surface area contributed by atoms with Gasteiger partial charge >= 0.3 is 5.97 Å². The number of rotatable bonds is 5. The van der Waals surface area contributed by atoms with Crippen molar-refractivity contribution < 1.29 is 11.3 Å². The first-order chi connectivity index (χ1) is 5.22.